The van der Waals surface area contributed by atoms with Gasteiger partial charge in [0.25, 0.3) is 0 Å². The lowest BCUT2D eigenvalue weighted by atomic mass is 9.67. The number of ether oxygens (including phenoxy) is 3. The lowest BCUT2D eigenvalue weighted by molar-refractivity contribution is -0.00893. The van der Waals surface area contributed by atoms with Crippen LogP contribution in [-0.2, 0) is 21.3 Å². The van der Waals surface area contributed by atoms with E-state index in [4.69, 9.17) is 19.2 Å². The van der Waals surface area contributed by atoms with Gasteiger partial charge in [0.05, 0.1) is 23.7 Å². The van der Waals surface area contributed by atoms with Crippen LogP contribution in [0.25, 0.3) is 21.0 Å². The van der Waals surface area contributed by atoms with Crippen LogP contribution in [0.3, 0.4) is 0 Å². The molecule has 1 fully saturated rings. The molecular weight excluding hydrogens is 474 g/mol. The van der Waals surface area contributed by atoms with Crippen molar-refractivity contribution in [3.8, 4) is 26.8 Å². The SMILES string of the molecule is CCc1c(OCOCCOC)ccc(-c2cnc(-c3ccc(C(=O)O)cc3)s2)c1C1(C)CCCCC1. The van der Waals surface area contributed by atoms with Crippen LogP contribution in [0.4, 0.5) is 0 Å². The molecule has 1 saturated carbocycles. The number of aromatic nitrogens is 1. The fourth-order valence-corrected chi connectivity index (χ4v) is 6.14. The Hall–Kier alpha value is -2.74. The van der Waals surface area contributed by atoms with E-state index >= 15 is 0 Å². The van der Waals surface area contributed by atoms with Gasteiger partial charge in [0.2, 0.25) is 0 Å². The van der Waals surface area contributed by atoms with Crippen molar-refractivity contribution in [2.75, 3.05) is 27.1 Å². The Morgan fingerprint density at radius 2 is 1.83 bits per heavy atom. The van der Waals surface area contributed by atoms with Crippen molar-refractivity contribution in [1.29, 1.82) is 0 Å². The second kappa shape index (κ2) is 12.0. The number of nitrogens with zero attached hydrogens (tertiary/aromatic N) is 1. The monoisotopic (exact) mass is 509 g/mol. The third kappa shape index (κ3) is 5.80. The summed E-state index contributed by atoms with van der Waals surface area (Å²) in [5.74, 6) is -0.0419. The molecule has 1 aliphatic rings. The standard InChI is InChI=1S/C29H35NO5S/c1-4-22-24(35-19-34-17-16-33-3)13-12-23(26(22)29(2)14-6-5-7-15-29)25-18-30-27(36-25)20-8-10-21(11-9-20)28(31)32/h8-13,18H,4-7,14-17,19H2,1-3H3,(H,31,32). The van der Waals surface area contributed by atoms with Crippen LogP contribution in [0.5, 0.6) is 5.75 Å². The minimum absolute atomic E-state index is 0.0719. The quantitative estimate of drug-likeness (QED) is 0.222. The number of benzene rings is 2. The molecule has 36 heavy (non-hydrogen) atoms. The van der Waals surface area contributed by atoms with Crippen molar-refractivity contribution in [1.82, 2.24) is 4.98 Å². The van der Waals surface area contributed by atoms with Crippen molar-refractivity contribution in [3.63, 3.8) is 0 Å². The van der Waals surface area contributed by atoms with E-state index in [1.54, 1.807) is 30.6 Å². The molecule has 2 aromatic carbocycles. The zero-order valence-corrected chi connectivity index (χ0v) is 22.2. The summed E-state index contributed by atoms with van der Waals surface area (Å²) < 4.78 is 16.7. The van der Waals surface area contributed by atoms with Gasteiger partial charge in [0, 0.05) is 18.9 Å². The first-order chi connectivity index (χ1) is 17.5. The van der Waals surface area contributed by atoms with Gasteiger partial charge in [0.1, 0.15) is 10.8 Å². The number of carbonyl (C=O) groups is 1. The van der Waals surface area contributed by atoms with Crippen molar-refractivity contribution in [2.45, 2.75) is 57.8 Å². The topological polar surface area (TPSA) is 77.9 Å². The number of hydrogen-bond donors (Lipinski definition) is 1. The Labute approximate surface area is 217 Å². The number of rotatable bonds is 11. The van der Waals surface area contributed by atoms with Crippen LogP contribution < -0.4 is 4.74 Å². The molecule has 3 aromatic rings. The van der Waals surface area contributed by atoms with Gasteiger partial charge >= 0.3 is 5.97 Å². The molecule has 1 heterocycles. The summed E-state index contributed by atoms with van der Waals surface area (Å²) in [6.07, 6.45) is 8.87. The van der Waals surface area contributed by atoms with Crippen LogP contribution in [-0.4, -0.2) is 43.2 Å². The predicted octanol–water partition coefficient (Wildman–Crippen LogP) is 6.96. The second-order valence-corrected chi connectivity index (χ2v) is 10.5. The van der Waals surface area contributed by atoms with E-state index in [1.165, 1.54) is 36.0 Å². The van der Waals surface area contributed by atoms with Crippen LogP contribution in [0.15, 0.2) is 42.6 Å². The normalized spacial score (nSPS) is 15.1. The van der Waals surface area contributed by atoms with Crippen molar-refractivity contribution in [3.05, 3.63) is 59.3 Å². The molecule has 0 atom stereocenters. The molecule has 0 bridgehead atoms. The van der Waals surface area contributed by atoms with E-state index in [0.717, 1.165) is 40.5 Å². The summed E-state index contributed by atoms with van der Waals surface area (Å²) in [6, 6.07) is 11.1. The molecular formula is C29H35NO5S. The van der Waals surface area contributed by atoms with Gasteiger partial charge in [0.15, 0.2) is 6.79 Å². The summed E-state index contributed by atoms with van der Waals surface area (Å²) in [5.41, 5.74) is 5.10. The van der Waals surface area contributed by atoms with Crippen molar-refractivity contribution < 1.29 is 24.1 Å². The summed E-state index contributed by atoms with van der Waals surface area (Å²) in [4.78, 5) is 17.0. The summed E-state index contributed by atoms with van der Waals surface area (Å²) in [5, 5.41) is 10.1. The molecule has 0 spiro atoms. The van der Waals surface area contributed by atoms with Crippen LogP contribution in [0, 0.1) is 0 Å². The van der Waals surface area contributed by atoms with Crippen LogP contribution in [0.1, 0.15) is 67.4 Å². The molecule has 7 heteroatoms. The molecule has 1 aromatic heterocycles. The van der Waals surface area contributed by atoms with Gasteiger partial charge in [-0.1, -0.05) is 45.2 Å². The predicted molar refractivity (Wildman–Crippen MR) is 143 cm³/mol. The first-order valence-electron chi connectivity index (χ1n) is 12.6. The number of aromatic carboxylic acids is 1. The average molecular weight is 510 g/mol. The minimum Gasteiger partial charge on any atom is -0.478 e. The van der Waals surface area contributed by atoms with Crippen molar-refractivity contribution >= 4 is 17.3 Å². The van der Waals surface area contributed by atoms with Gasteiger partial charge in [-0.2, -0.15) is 0 Å². The lowest BCUT2D eigenvalue weighted by Crippen LogP contribution is -2.27. The largest absolute Gasteiger partial charge is 0.478 e. The van der Waals surface area contributed by atoms with Gasteiger partial charge in [-0.15, -0.1) is 11.3 Å². The molecule has 0 saturated heterocycles. The summed E-state index contributed by atoms with van der Waals surface area (Å²) in [6.45, 7) is 5.82. The third-order valence-electron chi connectivity index (χ3n) is 7.06. The van der Waals surface area contributed by atoms with E-state index in [9.17, 15) is 9.90 Å². The molecule has 0 amide bonds. The fraction of sp³-hybridized carbons (Fsp3) is 0.448. The minimum atomic E-state index is -0.926. The maximum atomic E-state index is 11.2. The molecule has 1 aliphatic carbocycles. The van der Waals surface area contributed by atoms with E-state index in [-0.39, 0.29) is 17.8 Å². The average Bonchev–Trinajstić information content (AvgIpc) is 3.39. The van der Waals surface area contributed by atoms with E-state index < -0.39 is 5.97 Å². The molecule has 4 rings (SSSR count). The first kappa shape index (κ1) is 26.3. The van der Waals surface area contributed by atoms with Gasteiger partial charge < -0.3 is 19.3 Å². The number of hydrogen-bond acceptors (Lipinski definition) is 6. The Balaban J connectivity index is 1.71. The highest BCUT2D eigenvalue weighted by molar-refractivity contribution is 7.18. The van der Waals surface area contributed by atoms with E-state index in [2.05, 4.69) is 26.0 Å². The first-order valence-corrected chi connectivity index (χ1v) is 13.4. The highest BCUT2D eigenvalue weighted by Gasteiger charge is 2.34. The number of carboxylic acid groups (broad SMARTS) is 1. The van der Waals surface area contributed by atoms with E-state index in [0.29, 0.717) is 13.2 Å². The number of methoxy groups -OCH3 is 1. The maximum Gasteiger partial charge on any atom is 0.335 e. The summed E-state index contributed by atoms with van der Waals surface area (Å²) in [7, 11) is 1.66. The maximum absolute atomic E-state index is 11.2. The second-order valence-electron chi connectivity index (χ2n) is 9.52. The van der Waals surface area contributed by atoms with Gasteiger partial charge in [-0.25, -0.2) is 9.78 Å². The molecule has 0 radical (unpaired) electrons. The Morgan fingerprint density at radius 3 is 2.50 bits per heavy atom. The van der Waals surface area contributed by atoms with E-state index in [1.807, 2.05) is 18.3 Å². The molecule has 6 nitrogen and oxygen atoms in total. The van der Waals surface area contributed by atoms with Gasteiger partial charge in [-0.3, -0.25) is 0 Å². The Morgan fingerprint density at radius 1 is 1.08 bits per heavy atom. The number of carboxylic acids is 1. The zero-order valence-electron chi connectivity index (χ0n) is 21.3. The van der Waals surface area contributed by atoms with Gasteiger partial charge in [-0.05, 0) is 65.6 Å². The zero-order chi connectivity index (χ0) is 25.5. The molecule has 1 N–H and O–H groups in total. The Kier molecular flexibility index (Phi) is 8.77. The number of thiazole rings is 1. The van der Waals surface area contributed by atoms with Crippen LogP contribution in [0.2, 0.25) is 0 Å². The fourth-order valence-electron chi connectivity index (χ4n) is 5.19. The Bertz CT molecular complexity index is 1160. The highest BCUT2D eigenvalue weighted by Crippen LogP contribution is 2.48. The molecule has 192 valence electrons. The summed E-state index contributed by atoms with van der Waals surface area (Å²) >= 11 is 1.64. The lowest BCUT2D eigenvalue weighted by Gasteiger charge is -2.37. The smallest absolute Gasteiger partial charge is 0.335 e. The van der Waals surface area contributed by atoms with Crippen molar-refractivity contribution in [2.24, 2.45) is 0 Å². The molecule has 0 aliphatic heterocycles. The third-order valence-corrected chi connectivity index (χ3v) is 8.14. The highest BCUT2D eigenvalue weighted by atomic mass is 32.1. The van der Waals surface area contributed by atoms with Crippen LogP contribution >= 0.6 is 11.3 Å². The molecule has 0 unspecified atom stereocenters.